The normalized spacial score (nSPS) is 17.2. The van der Waals surface area contributed by atoms with Crippen LogP contribution in [0.3, 0.4) is 0 Å². The summed E-state index contributed by atoms with van der Waals surface area (Å²) in [5, 5.41) is 14.6. The largest absolute Gasteiger partial charge is 0.376 e. The maximum absolute atomic E-state index is 5.67. The molecule has 122 valence electrons. The molecule has 4 rings (SSSR count). The Balaban J connectivity index is 1.61. The molecule has 24 heavy (non-hydrogen) atoms. The first-order valence-corrected chi connectivity index (χ1v) is 8.39. The fourth-order valence-electron chi connectivity index (χ4n) is 3.13. The van der Waals surface area contributed by atoms with E-state index < -0.39 is 0 Å². The summed E-state index contributed by atoms with van der Waals surface area (Å²) in [6, 6.07) is 12.3. The van der Waals surface area contributed by atoms with Crippen molar-refractivity contribution in [3.8, 4) is 0 Å². The highest BCUT2D eigenvalue weighted by Crippen LogP contribution is 2.25. The first-order chi connectivity index (χ1) is 11.9. The van der Waals surface area contributed by atoms with Crippen LogP contribution in [0.25, 0.3) is 10.8 Å². The third kappa shape index (κ3) is 3.21. The molecule has 3 heterocycles. The zero-order valence-corrected chi connectivity index (χ0v) is 13.5. The minimum atomic E-state index is 0.280. The molecule has 5 heteroatoms. The van der Waals surface area contributed by atoms with E-state index in [2.05, 4.69) is 32.6 Å². The molecule has 5 nitrogen and oxygen atoms in total. The minimum Gasteiger partial charge on any atom is -0.376 e. The predicted octanol–water partition coefficient (Wildman–Crippen LogP) is 3.21. The average molecular weight is 320 g/mol. The van der Waals surface area contributed by atoms with Crippen molar-refractivity contribution in [3.63, 3.8) is 0 Å². The Hall–Kier alpha value is -2.53. The molecule has 2 aromatic heterocycles. The number of benzene rings is 1. The fourth-order valence-corrected chi connectivity index (χ4v) is 3.13. The van der Waals surface area contributed by atoms with E-state index in [9.17, 15) is 0 Å². The molecule has 1 aromatic carbocycles. The van der Waals surface area contributed by atoms with Gasteiger partial charge in [-0.3, -0.25) is 4.98 Å². The lowest BCUT2D eigenvalue weighted by molar-refractivity contribution is 0.120. The van der Waals surface area contributed by atoms with Crippen LogP contribution in [0, 0.1) is 0 Å². The number of nitrogens with one attached hydrogen (secondary N) is 1. The topological polar surface area (TPSA) is 59.9 Å². The van der Waals surface area contributed by atoms with Gasteiger partial charge in [-0.05, 0) is 30.5 Å². The summed E-state index contributed by atoms with van der Waals surface area (Å²) in [4.78, 5) is 4.07. The molecule has 1 fully saturated rings. The third-order valence-electron chi connectivity index (χ3n) is 4.41. The quantitative estimate of drug-likeness (QED) is 0.782. The predicted molar refractivity (Wildman–Crippen MR) is 94.0 cm³/mol. The minimum absolute atomic E-state index is 0.280. The van der Waals surface area contributed by atoms with E-state index in [1.807, 2.05) is 36.7 Å². The summed E-state index contributed by atoms with van der Waals surface area (Å²) in [7, 11) is 0. The smallest absolute Gasteiger partial charge is 0.156 e. The first kappa shape index (κ1) is 15.0. The van der Waals surface area contributed by atoms with Gasteiger partial charge in [0.05, 0.1) is 11.8 Å². The number of aromatic nitrogens is 3. The molecule has 0 amide bonds. The van der Waals surface area contributed by atoms with Crippen LogP contribution in [-0.2, 0) is 11.2 Å². The highest BCUT2D eigenvalue weighted by Gasteiger charge is 2.16. The molecule has 1 unspecified atom stereocenters. The number of hydrogen-bond donors (Lipinski definition) is 1. The molecule has 0 aliphatic carbocycles. The molecule has 0 radical (unpaired) electrons. The summed E-state index contributed by atoms with van der Waals surface area (Å²) >= 11 is 0. The molecule has 1 atom stereocenters. The van der Waals surface area contributed by atoms with Crippen molar-refractivity contribution in [2.45, 2.75) is 25.4 Å². The van der Waals surface area contributed by atoms with E-state index in [4.69, 9.17) is 4.74 Å². The van der Waals surface area contributed by atoms with E-state index in [-0.39, 0.29) is 6.10 Å². The van der Waals surface area contributed by atoms with Gasteiger partial charge >= 0.3 is 0 Å². The van der Waals surface area contributed by atoms with Gasteiger partial charge in [-0.25, -0.2) is 0 Å². The standard InChI is InChI=1S/C19H20N4O/c1-2-6-17-16(5-1)18(12-14-7-9-20-10-8-14)22-23-19(17)21-13-15-4-3-11-24-15/h1-2,5-10,15H,3-4,11-13H2,(H,21,23). The number of nitrogens with zero attached hydrogens (tertiary/aromatic N) is 3. The van der Waals surface area contributed by atoms with Gasteiger partial charge in [0.15, 0.2) is 5.82 Å². The fraction of sp³-hybridized carbons (Fsp3) is 0.316. The first-order valence-electron chi connectivity index (χ1n) is 8.39. The van der Waals surface area contributed by atoms with Crippen LogP contribution in [0.4, 0.5) is 5.82 Å². The highest BCUT2D eigenvalue weighted by atomic mass is 16.5. The van der Waals surface area contributed by atoms with E-state index >= 15 is 0 Å². The van der Waals surface area contributed by atoms with Gasteiger partial charge in [-0.15, -0.1) is 5.10 Å². The van der Waals surface area contributed by atoms with Gasteiger partial charge < -0.3 is 10.1 Å². The maximum Gasteiger partial charge on any atom is 0.156 e. The summed E-state index contributed by atoms with van der Waals surface area (Å²) in [6.45, 7) is 1.64. The van der Waals surface area contributed by atoms with Gasteiger partial charge in [0, 0.05) is 42.7 Å². The van der Waals surface area contributed by atoms with Crippen LogP contribution in [0.5, 0.6) is 0 Å². The lowest BCUT2D eigenvalue weighted by Gasteiger charge is -2.14. The molecule has 1 saturated heterocycles. The Morgan fingerprint density at radius 1 is 1.04 bits per heavy atom. The Morgan fingerprint density at radius 3 is 2.67 bits per heavy atom. The molecule has 1 N–H and O–H groups in total. The van der Waals surface area contributed by atoms with Crippen molar-refractivity contribution in [3.05, 3.63) is 60.0 Å². The summed E-state index contributed by atoms with van der Waals surface area (Å²) < 4.78 is 5.67. The molecule has 0 saturated carbocycles. The van der Waals surface area contributed by atoms with E-state index in [1.165, 1.54) is 5.56 Å². The van der Waals surface area contributed by atoms with Crippen molar-refractivity contribution >= 4 is 16.6 Å². The van der Waals surface area contributed by atoms with Crippen molar-refractivity contribution in [1.82, 2.24) is 15.2 Å². The summed E-state index contributed by atoms with van der Waals surface area (Å²) in [5.41, 5.74) is 2.17. The zero-order chi connectivity index (χ0) is 16.2. The Morgan fingerprint density at radius 2 is 1.88 bits per heavy atom. The van der Waals surface area contributed by atoms with Crippen LogP contribution < -0.4 is 5.32 Å². The second-order valence-electron chi connectivity index (χ2n) is 6.09. The summed E-state index contributed by atoms with van der Waals surface area (Å²) in [5.74, 6) is 0.833. The number of anilines is 1. The van der Waals surface area contributed by atoms with E-state index in [1.54, 1.807) is 0 Å². The van der Waals surface area contributed by atoms with Crippen molar-refractivity contribution < 1.29 is 4.74 Å². The number of hydrogen-bond acceptors (Lipinski definition) is 5. The monoisotopic (exact) mass is 320 g/mol. The Kier molecular flexibility index (Phi) is 4.34. The van der Waals surface area contributed by atoms with Crippen molar-refractivity contribution in [2.24, 2.45) is 0 Å². The van der Waals surface area contributed by atoms with Crippen LogP contribution in [0.1, 0.15) is 24.1 Å². The molecule has 1 aliphatic rings. The molecular formula is C19H20N4O. The van der Waals surface area contributed by atoms with Crippen molar-refractivity contribution in [2.75, 3.05) is 18.5 Å². The van der Waals surface area contributed by atoms with E-state index in [0.717, 1.165) is 54.7 Å². The molecule has 3 aromatic rings. The SMILES string of the molecule is c1ccc2c(NCC3CCCO3)nnc(Cc3ccncc3)c2c1. The zero-order valence-electron chi connectivity index (χ0n) is 13.5. The van der Waals surface area contributed by atoms with Gasteiger partial charge in [0.1, 0.15) is 0 Å². The van der Waals surface area contributed by atoms with Gasteiger partial charge in [0.2, 0.25) is 0 Å². The van der Waals surface area contributed by atoms with Crippen LogP contribution in [-0.4, -0.2) is 34.4 Å². The summed E-state index contributed by atoms with van der Waals surface area (Å²) in [6.07, 6.45) is 6.90. The Labute approximate surface area is 141 Å². The second-order valence-corrected chi connectivity index (χ2v) is 6.09. The molecule has 0 spiro atoms. The van der Waals surface area contributed by atoms with Gasteiger partial charge in [-0.1, -0.05) is 24.3 Å². The van der Waals surface area contributed by atoms with Gasteiger partial charge in [0.25, 0.3) is 0 Å². The second kappa shape index (κ2) is 6.93. The Bertz CT molecular complexity index is 816. The van der Waals surface area contributed by atoms with Crippen LogP contribution in [0.15, 0.2) is 48.8 Å². The average Bonchev–Trinajstić information content (AvgIpc) is 3.15. The molecule has 1 aliphatic heterocycles. The van der Waals surface area contributed by atoms with E-state index in [0.29, 0.717) is 0 Å². The van der Waals surface area contributed by atoms with Gasteiger partial charge in [-0.2, -0.15) is 5.10 Å². The third-order valence-corrected chi connectivity index (χ3v) is 4.41. The van der Waals surface area contributed by atoms with Crippen molar-refractivity contribution in [1.29, 1.82) is 0 Å². The lowest BCUT2D eigenvalue weighted by atomic mass is 10.0. The van der Waals surface area contributed by atoms with Crippen LogP contribution in [0.2, 0.25) is 0 Å². The maximum atomic E-state index is 5.67. The van der Waals surface area contributed by atoms with Crippen LogP contribution >= 0.6 is 0 Å². The molecular weight excluding hydrogens is 300 g/mol. The molecule has 0 bridgehead atoms. The number of rotatable bonds is 5. The lowest BCUT2D eigenvalue weighted by Crippen LogP contribution is -2.19. The highest BCUT2D eigenvalue weighted by molar-refractivity contribution is 5.93. The number of fused-ring (bicyclic) bond motifs is 1. The number of ether oxygens (including phenoxy) is 1. The number of pyridine rings is 1.